The van der Waals surface area contributed by atoms with Crippen LogP contribution in [0.4, 0.5) is 59.3 Å². The van der Waals surface area contributed by atoms with E-state index in [-0.39, 0.29) is 21.4 Å². The van der Waals surface area contributed by atoms with E-state index in [2.05, 4.69) is 60.4 Å². The Morgan fingerprint density at radius 1 is 0.762 bits per heavy atom. The van der Waals surface area contributed by atoms with Crippen LogP contribution in [0.15, 0.2) is 67.1 Å². The summed E-state index contributed by atoms with van der Waals surface area (Å²) in [7, 11) is 1.61. The van der Waals surface area contributed by atoms with Gasteiger partial charge in [-0.2, -0.15) is 40.2 Å². The van der Waals surface area contributed by atoms with Gasteiger partial charge in [-0.05, 0) is 108 Å². The van der Waals surface area contributed by atoms with Gasteiger partial charge in [0.2, 0.25) is 5.91 Å². The number of pyridine rings is 1. The number of aliphatic hydroxyl groups is 1. The number of nitrogens with one attached hydrogen (secondary N) is 4. The van der Waals surface area contributed by atoms with Gasteiger partial charge in [0.05, 0.1) is 43.4 Å². The Kier molecular flexibility index (Phi) is 19.5. The van der Waals surface area contributed by atoms with Gasteiger partial charge in [0.25, 0.3) is 5.91 Å². The Morgan fingerprint density at radius 2 is 1.29 bits per heavy atom. The van der Waals surface area contributed by atoms with Crippen LogP contribution in [0.2, 0.25) is 0 Å². The SMILES string of the molecule is COC(=O)N[C@H](C(=O)N[C@@H](Cc1ccc(C#Cc2ccc(N3CC4CCC(C3)N4C(C)C)nc2)cc1)[C@@H](O)CN(Cc1c(F)cc(-c2cnn(C(F)F)c2)cc1F)NC(=O)[C@@H](NC(=O)OC)C(C)(C)C(F)(F)F)C(C)(C)C(F)(F)F. The van der Waals surface area contributed by atoms with E-state index >= 15 is 8.78 Å². The molecule has 80 heavy (non-hydrogen) atoms. The molecule has 0 aliphatic carbocycles. The molecule has 2 aromatic heterocycles. The molecule has 2 aromatic carbocycles. The Morgan fingerprint density at radius 3 is 1.76 bits per heavy atom. The van der Waals surface area contributed by atoms with Crippen molar-refractivity contribution in [3.8, 4) is 23.0 Å². The number of aliphatic hydroxyl groups excluding tert-OH is 1. The zero-order valence-corrected chi connectivity index (χ0v) is 44.8. The van der Waals surface area contributed by atoms with Gasteiger partial charge in [-0.25, -0.2) is 33.0 Å². The maximum Gasteiger partial charge on any atom is 0.407 e. The summed E-state index contributed by atoms with van der Waals surface area (Å²) in [6.45, 7) is 2.99. The highest BCUT2D eigenvalue weighted by molar-refractivity contribution is 5.87. The molecule has 6 rings (SSSR count). The van der Waals surface area contributed by atoms with Crippen LogP contribution in [0.3, 0.4) is 0 Å². The van der Waals surface area contributed by atoms with Crippen molar-refractivity contribution in [1.82, 2.24) is 46.0 Å². The molecule has 6 atom stereocenters. The number of hydrogen-bond donors (Lipinski definition) is 5. The highest BCUT2D eigenvalue weighted by atomic mass is 19.4. The second-order valence-corrected chi connectivity index (χ2v) is 20.9. The number of piperazine rings is 1. The van der Waals surface area contributed by atoms with Crippen LogP contribution < -0.4 is 26.3 Å². The molecule has 2 aliphatic heterocycles. The third-order valence-corrected chi connectivity index (χ3v) is 14.4. The van der Waals surface area contributed by atoms with Crippen LogP contribution in [-0.4, -0.2) is 142 Å². The number of hydrogen-bond acceptors (Lipinski definition) is 12. The van der Waals surface area contributed by atoms with Crippen molar-refractivity contribution in [2.45, 2.75) is 129 Å². The molecule has 0 saturated carbocycles. The van der Waals surface area contributed by atoms with E-state index < -0.39 is 115 Å². The van der Waals surface area contributed by atoms with Gasteiger partial charge in [0.1, 0.15) is 29.5 Å². The standard InChI is InChI=1S/C53H62F10N10O7/c1-29(2)73-35-16-17-36(73)26-70(25-35)42-18-15-32(22-64-42)14-11-30-9-12-31(13-10-30)19-40(66-45(75)43(67-48(77)79-7)50(3,4)52(58,59)60)41(74)28-71(69-46(76)44(68-49(78)80-8)51(5,6)53(61,62)63)27-37-38(54)20-33(21-39(37)55)34-23-65-72(24-34)47(56)57/h9-10,12-13,15,18,20-24,29,35-36,40-41,43-44,47,74H,16-17,19,25-28H2,1-8H3,(H,66,75)(H,67,77)(H,68,78)(H,69,76)/t35?,36?,40-,41-,43+,44+/m0/s1. The first-order valence-electron chi connectivity index (χ1n) is 25.1. The fourth-order valence-electron chi connectivity index (χ4n) is 9.54. The third-order valence-electron chi connectivity index (χ3n) is 14.4. The zero-order chi connectivity index (χ0) is 59.2. The first-order chi connectivity index (χ1) is 37.3. The normalized spacial score (nSPS) is 17.6. The number of benzene rings is 2. The van der Waals surface area contributed by atoms with Gasteiger partial charge in [0.15, 0.2) is 0 Å². The summed E-state index contributed by atoms with van der Waals surface area (Å²) in [6, 6.07) is 5.71. The van der Waals surface area contributed by atoms with Crippen molar-refractivity contribution in [3.63, 3.8) is 0 Å². The summed E-state index contributed by atoms with van der Waals surface area (Å²) in [5, 5.41) is 21.9. The van der Waals surface area contributed by atoms with E-state index in [1.54, 1.807) is 23.6 Å². The number of nitrogens with zero attached hydrogens (tertiary/aromatic N) is 6. The first kappa shape index (κ1) is 62.0. The molecule has 4 aromatic rings. The van der Waals surface area contributed by atoms with Gasteiger partial charge in [0, 0.05) is 79.0 Å². The number of ether oxygens (including phenoxy) is 2. The Labute approximate surface area is 454 Å². The Hall–Kier alpha value is -7.18. The zero-order valence-electron chi connectivity index (χ0n) is 44.8. The maximum atomic E-state index is 16.0. The lowest BCUT2D eigenvalue weighted by Crippen LogP contribution is -2.63. The highest BCUT2D eigenvalue weighted by Crippen LogP contribution is 2.42. The van der Waals surface area contributed by atoms with Crippen molar-refractivity contribution >= 4 is 29.8 Å². The third kappa shape index (κ3) is 14.6. The van der Waals surface area contributed by atoms with E-state index in [0.29, 0.717) is 74.1 Å². The number of methoxy groups -OCH3 is 2. The van der Waals surface area contributed by atoms with Crippen molar-refractivity contribution in [2.75, 3.05) is 38.8 Å². The van der Waals surface area contributed by atoms with Crippen LogP contribution >= 0.6 is 0 Å². The number of halogens is 10. The molecule has 5 N–H and O–H groups in total. The summed E-state index contributed by atoms with van der Waals surface area (Å²) in [6.07, 6.45) is -10.5. The summed E-state index contributed by atoms with van der Waals surface area (Å²) in [5.74, 6) is 0.824. The number of fused-ring (bicyclic) bond motifs is 2. The van der Waals surface area contributed by atoms with Crippen molar-refractivity contribution < 1.29 is 77.7 Å². The molecular formula is C53H62F10N10O7. The molecule has 2 aliphatic rings. The van der Waals surface area contributed by atoms with Crippen LogP contribution in [0.1, 0.15) is 83.2 Å². The lowest BCUT2D eigenvalue weighted by Gasteiger charge is -2.43. The molecule has 2 fully saturated rings. The molecule has 2 bridgehead atoms. The van der Waals surface area contributed by atoms with Gasteiger partial charge >= 0.3 is 31.1 Å². The average Bonchev–Trinajstić information content (AvgIpc) is 3.99. The quantitative estimate of drug-likeness (QED) is 0.0351. The van der Waals surface area contributed by atoms with Gasteiger partial charge in [-0.1, -0.05) is 24.0 Å². The molecule has 17 nitrogen and oxygen atoms in total. The minimum Gasteiger partial charge on any atom is -0.453 e. The molecule has 4 heterocycles. The van der Waals surface area contributed by atoms with Gasteiger partial charge in [-0.15, -0.1) is 0 Å². The molecule has 27 heteroatoms. The minimum absolute atomic E-state index is 0.172. The molecule has 2 unspecified atom stereocenters. The Bertz CT molecular complexity index is 2850. The first-order valence-corrected chi connectivity index (χ1v) is 25.1. The van der Waals surface area contributed by atoms with Crippen molar-refractivity contribution in [3.05, 3.63) is 101 Å². The predicted octanol–water partition coefficient (Wildman–Crippen LogP) is 7.63. The van der Waals surface area contributed by atoms with E-state index in [1.807, 2.05) is 22.9 Å². The number of alkyl carbamates (subject to hydrolysis) is 2. The summed E-state index contributed by atoms with van der Waals surface area (Å²) in [5.41, 5.74) is -4.20. The summed E-state index contributed by atoms with van der Waals surface area (Å²) < 4.78 is 155. The number of alkyl halides is 8. The molecular weight excluding hydrogens is 1080 g/mol. The lowest BCUT2D eigenvalue weighted by molar-refractivity contribution is -0.221. The summed E-state index contributed by atoms with van der Waals surface area (Å²) in [4.78, 5) is 62.3. The fraction of sp³-hybridized carbons (Fsp3) is 0.509. The fourth-order valence-corrected chi connectivity index (χ4v) is 9.54. The van der Waals surface area contributed by atoms with Crippen LogP contribution in [0.5, 0.6) is 0 Å². The second kappa shape index (κ2) is 25.1. The van der Waals surface area contributed by atoms with E-state index in [0.717, 1.165) is 58.4 Å². The van der Waals surface area contributed by atoms with E-state index in [9.17, 15) is 59.4 Å². The number of rotatable bonds is 19. The number of carbonyl (C=O) groups excluding carboxylic acids is 4. The van der Waals surface area contributed by atoms with Crippen LogP contribution in [-0.2, 0) is 32.0 Å². The van der Waals surface area contributed by atoms with Crippen LogP contribution in [0, 0.1) is 34.3 Å². The minimum atomic E-state index is -5.23. The molecule has 0 radical (unpaired) electrons. The lowest BCUT2D eigenvalue weighted by atomic mass is 9.82. The summed E-state index contributed by atoms with van der Waals surface area (Å²) >= 11 is 0. The van der Waals surface area contributed by atoms with Gasteiger partial charge < -0.3 is 35.4 Å². The Balaban J connectivity index is 1.33. The topological polar surface area (TPSA) is 196 Å². The maximum absolute atomic E-state index is 16.0. The monoisotopic (exact) mass is 1140 g/mol. The van der Waals surface area contributed by atoms with Crippen molar-refractivity contribution in [2.24, 2.45) is 10.8 Å². The molecule has 436 valence electrons. The van der Waals surface area contributed by atoms with Crippen molar-refractivity contribution in [1.29, 1.82) is 0 Å². The number of anilines is 1. The number of hydrazine groups is 1. The smallest absolute Gasteiger partial charge is 0.407 e. The molecule has 2 saturated heterocycles. The molecule has 0 spiro atoms. The van der Waals surface area contributed by atoms with E-state index in [4.69, 9.17) is 0 Å². The average molecular weight is 1140 g/mol. The molecule has 4 amide bonds. The highest BCUT2D eigenvalue weighted by Gasteiger charge is 2.57. The van der Waals surface area contributed by atoms with Crippen LogP contribution in [0.25, 0.3) is 11.1 Å². The number of amides is 4. The second-order valence-electron chi connectivity index (χ2n) is 20.9. The van der Waals surface area contributed by atoms with Gasteiger partial charge in [-0.3, -0.25) is 19.9 Å². The largest absolute Gasteiger partial charge is 0.453 e. The number of carbonyl (C=O) groups is 4. The number of aromatic nitrogens is 3. The predicted molar refractivity (Wildman–Crippen MR) is 270 cm³/mol. The van der Waals surface area contributed by atoms with E-state index in [1.165, 1.54) is 12.1 Å².